The highest BCUT2D eigenvalue weighted by Crippen LogP contribution is 2.18. The molecule has 0 unspecified atom stereocenters. The number of benzene rings is 1. The first-order valence-electron chi connectivity index (χ1n) is 5.94. The Bertz CT molecular complexity index is 414. The molecular weight excluding hydrogens is 216 g/mol. The van der Waals surface area contributed by atoms with E-state index in [-0.39, 0.29) is 11.7 Å². The molecular formula is C13H18N2O2. The van der Waals surface area contributed by atoms with Gasteiger partial charge in [-0.25, -0.2) is 0 Å². The average Bonchev–Trinajstić information content (AvgIpc) is 3.07. The summed E-state index contributed by atoms with van der Waals surface area (Å²) in [4.78, 5) is 11.4. The van der Waals surface area contributed by atoms with Gasteiger partial charge in [0, 0.05) is 18.2 Å². The van der Waals surface area contributed by atoms with Crippen molar-refractivity contribution in [2.45, 2.75) is 32.4 Å². The Labute approximate surface area is 101 Å². The molecule has 1 aliphatic rings. The fourth-order valence-corrected chi connectivity index (χ4v) is 1.67. The van der Waals surface area contributed by atoms with Crippen molar-refractivity contribution in [3.63, 3.8) is 0 Å². The number of phenols is 1. The Kier molecular flexibility index (Phi) is 3.64. The van der Waals surface area contributed by atoms with Crippen molar-refractivity contribution in [2.75, 3.05) is 6.54 Å². The van der Waals surface area contributed by atoms with Crippen molar-refractivity contribution in [2.24, 2.45) is 0 Å². The molecule has 0 saturated heterocycles. The van der Waals surface area contributed by atoms with Gasteiger partial charge in [0.25, 0.3) is 0 Å². The van der Waals surface area contributed by atoms with Crippen molar-refractivity contribution in [3.05, 3.63) is 29.3 Å². The monoisotopic (exact) mass is 234 g/mol. The van der Waals surface area contributed by atoms with Gasteiger partial charge in [-0.3, -0.25) is 4.79 Å². The van der Waals surface area contributed by atoms with Crippen molar-refractivity contribution >= 4 is 5.91 Å². The van der Waals surface area contributed by atoms with E-state index in [0.29, 0.717) is 19.1 Å². The lowest BCUT2D eigenvalue weighted by atomic mass is 10.1. The fraction of sp³-hybridized carbons (Fsp3) is 0.462. The summed E-state index contributed by atoms with van der Waals surface area (Å²) < 4.78 is 0. The normalized spacial score (nSPS) is 14.6. The van der Waals surface area contributed by atoms with E-state index < -0.39 is 0 Å². The maximum atomic E-state index is 11.4. The first kappa shape index (κ1) is 11.9. The van der Waals surface area contributed by atoms with Crippen LogP contribution < -0.4 is 10.6 Å². The molecule has 17 heavy (non-hydrogen) atoms. The van der Waals surface area contributed by atoms with Gasteiger partial charge < -0.3 is 15.7 Å². The smallest absolute Gasteiger partial charge is 0.234 e. The second-order valence-electron chi connectivity index (χ2n) is 4.58. The Hall–Kier alpha value is -1.55. The van der Waals surface area contributed by atoms with Crippen LogP contribution in [0, 0.1) is 6.92 Å². The van der Waals surface area contributed by atoms with Crippen LogP contribution in [0.25, 0.3) is 0 Å². The minimum Gasteiger partial charge on any atom is -0.508 e. The minimum absolute atomic E-state index is 0.0274. The molecule has 1 aromatic rings. The van der Waals surface area contributed by atoms with Crippen LogP contribution in [-0.4, -0.2) is 23.6 Å². The predicted octanol–water partition coefficient (Wildman–Crippen LogP) is 1.07. The lowest BCUT2D eigenvalue weighted by Crippen LogP contribution is -2.34. The van der Waals surface area contributed by atoms with Crippen molar-refractivity contribution in [3.8, 4) is 5.75 Å². The topological polar surface area (TPSA) is 61.4 Å². The second kappa shape index (κ2) is 5.19. The molecule has 1 saturated carbocycles. The Morgan fingerprint density at radius 2 is 2.24 bits per heavy atom. The lowest BCUT2D eigenvalue weighted by Gasteiger charge is -2.08. The second-order valence-corrected chi connectivity index (χ2v) is 4.58. The summed E-state index contributed by atoms with van der Waals surface area (Å²) in [6, 6.07) is 5.85. The van der Waals surface area contributed by atoms with E-state index in [0.717, 1.165) is 24.0 Å². The molecule has 0 bridgehead atoms. The molecule has 2 rings (SSSR count). The van der Waals surface area contributed by atoms with E-state index in [9.17, 15) is 9.90 Å². The van der Waals surface area contributed by atoms with Gasteiger partial charge in [0.15, 0.2) is 0 Å². The van der Waals surface area contributed by atoms with Crippen molar-refractivity contribution < 1.29 is 9.90 Å². The number of carbonyl (C=O) groups is 1. The van der Waals surface area contributed by atoms with E-state index in [1.807, 2.05) is 19.1 Å². The summed E-state index contributed by atoms with van der Waals surface area (Å²) in [5.74, 6) is 0.297. The number of nitrogens with one attached hydrogen (secondary N) is 2. The Morgan fingerprint density at radius 3 is 2.94 bits per heavy atom. The summed E-state index contributed by atoms with van der Waals surface area (Å²) in [6.45, 7) is 2.78. The van der Waals surface area contributed by atoms with Gasteiger partial charge in [0.1, 0.15) is 5.75 Å². The van der Waals surface area contributed by atoms with Gasteiger partial charge in [0.2, 0.25) is 5.91 Å². The molecule has 4 nitrogen and oxygen atoms in total. The van der Waals surface area contributed by atoms with E-state index in [1.165, 1.54) is 0 Å². The molecule has 3 N–H and O–H groups in total. The van der Waals surface area contributed by atoms with Gasteiger partial charge in [0.05, 0.1) is 6.54 Å². The third-order valence-corrected chi connectivity index (χ3v) is 2.78. The zero-order chi connectivity index (χ0) is 12.3. The highest BCUT2D eigenvalue weighted by Gasteiger charge is 2.22. The maximum absolute atomic E-state index is 11.4. The SMILES string of the molecule is Cc1ccc(O)c(CNCC(=O)NC2CC2)c1. The van der Waals surface area contributed by atoms with Gasteiger partial charge in [-0.2, -0.15) is 0 Å². The van der Waals surface area contributed by atoms with Gasteiger partial charge in [-0.1, -0.05) is 17.7 Å². The molecule has 1 fully saturated rings. The number of hydrogen-bond acceptors (Lipinski definition) is 3. The summed E-state index contributed by atoms with van der Waals surface area (Å²) in [5, 5.41) is 15.5. The van der Waals surface area contributed by atoms with Crippen LogP contribution in [0.5, 0.6) is 5.75 Å². The van der Waals surface area contributed by atoms with E-state index in [1.54, 1.807) is 6.07 Å². The first-order valence-corrected chi connectivity index (χ1v) is 5.94. The van der Waals surface area contributed by atoms with Crippen LogP contribution in [-0.2, 0) is 11.3 Å². The van der Waals surface area contributed by atoms with Crippen molar-refractivity contribution in [1.29, 1.82) is 0 Å². The number of aryl methyl sites for hydroxylation is 1. The molecule has 0 atom stereocenters. The molecule has 0 spiro atoms. The molecule has 0 radical (unpaired) electrons. The summed E-state index contributed by atoms with van der Waals surface area (Å²) in [7, 11) is 0. The molecule has 1 amide bonds. The van der Waals surface area contributed by atoms with Gasteiger partial charge in [-0.05, 0) is 25.8 Å². The summed E-state index contributed by atoms with van der Waals surface area (Å²) in [6.07, 6.45) is 2.20. The number of amides is 1. The highest BCUT2D eigenvalue weighted by molar-refractivity contribution is 5.78. The molecule has 0 aliphatic heterocycles. The van der Waals surface area contributed by atoms with Crippen LogP contribution in [0.1, 0.15) is 24.0 Å². The molecule has 0 heterocycles. The molecule has 0 aromatic heterocycles. The summed E-state index contributed by atoms with van der Waals surface area (Å²) >= 11 is 0. The largest absolute Gasteiger partial charge is 0.508 e. The third kappa shape index (κ3) is 3.75. The zero-order valence-electron chi connectivity index (χ0n) is 9.99. The number of hydrogen-bond donors (Lipinski definition) is 3. The standard InChI is InChI=1S/C13H18N2O2/c1-9-2-5-12(16)10(6-9)7-14-8-13(17)15-11-3-4-11/h2,5-6,11,14,16H,3-4,7-8H2,1H3,(H,15,17). The number of phenolic OH excluding ortho intramolecular Hbond substituents is 1. The summed E-state index contributed by atoms with van der Waals surface area (Å²) in [5.41, 5.74) is 1.92. The molecule has 1 aromatic carbocycles. The van der Waals surface area contributed by atoms with Crippen LogP contribution >= 0.6 is 0 Å². The average molecular weight is 234 g/mol. The number of aromatic hydroxyl groups is 1. The zero-order valence-corrected chi connectivity index (χ0v) is 9.99. The molecule has 92 valence electrons. The quantitative estimate of drug-likeness (QED) is 0.714. The van der Waals surface area contributed by atoms with Gasteiger partial charge in [-0.15, -0.1) is 0 Å². The highest BCUT2D eigenvalue weighted by atomic mass is 16.3. The van der Waals surface area contributed by atoms with E-state index in [4.69, 9.17) is 0 Å². The van der Waals surface area contributed by atoms with Crippen LogP contribution in [0.3, 0.4) is 0 Å². The van der Waals surface area contributed by atoms with Gasteiger partial charge >= 0.3 is 0 Å². The Morgan fingerprint density at radius 1 is 1.47 bits per heavy atom. The van der Waals surface area contributed by atoms with Crippen LogP contribution in [0.2, 0.25) is 0 Å². The predicted molar refractivity (Wildman–Crippen MR) is 65.7 cm³/mol. The Balaban J connectivity index is 1.76. The van der Waals surface area contributed by atoms with E-state index >= 15 is 0 Å². The van der Waals surface area contributed by atoms with Crippen LogP contribution in [0.4, 0.5) is 0 Å². The fourth-order valence-electron chi connectivity index (χ4n) is 1.67. The minimum atomic E-state index is 0.0274. The van der Waals surface area contributed by atoms with Crippen LogP contribution in [0.15, 0.2) is 18.2 Å². The number of rotatable bonds is 5. The lowest BCUT2D eigenvalue weighted by molar-refractivity contribution is -0.120. The number of carbonyl (C=O) groups excluding carboxylic acids is 1. The molecule has 4 heteroatoms. The molecule has 1 aliphatic carbocycles. The third-order valence-electron chi connectivity index (χ3n) is 2.78. The maximum Gasteiger partial charge on any atom is 0.234 e. The first-order chi connectivity index (χ1) is 8.15. The van der Waals surface area contributed by atoms with E-state index in [2.05, 4.69) is 10.6 Å². The van der Waals surface area contributed by atoms with Crippen molar-refractivity contribution in [1.82, 2.24) is 10.6 Å².